The van der Waals surface area contributed by atoms with Crippen molar-refractivity contribution in [1.29, 1.82) is 0 Å². The SMILES string of the molecule is CN1OC2(CCN(Cc3ccc4c(c3)OCCO4)CC2)CC1=O. The van der Waals surface area contributed by atoms with Gasteiger partial charge in [0.05, 0.1) is 6.42 Å². The number of nitrogens with zero attached hydrogens (tertiary/aromatic N) is 2. The second kappa shape index (κ2) is 5.69. The number of hydroxylamine groups is 2. The Kier molecular flexibility index (Phi) is 3.66. The van der Waals surface area contributed by atoms with Crippen molar-refractivity contribution in [3.63, 3.8) is 0 Å². The third-order valence-electron chi connectivity index (χ3n) is 4.94. The molecule has 2 saturated heterocycles. The van der Waals surface area contributed by atoms with E-state index in [2.05, 4.69) is 17.0 Å². The first-order chi connectivity index (χ1) is 11.1. The van der Waals surface area contributed by atoms with Crippen LogP contribution in [0.15, 0.2) is 18.2 Å². The zero-order valence-electron chi connectivity index (χ0n) is 13.4. The lowest BCUT2D eigenvalue weighted by Crippen LogP contribution is -2.44. The Morgan fingerprint density at radius 3 is 2.57 bits per heavy atom. The zero-order chi connectivity index (χ0) is 15.9. The number of ether oxygens (including phenoxy) is 2. The van der Waals surface area contributed by atoms with Crippen LogP contribution in [-0.4, -0.2) is 54.8 Å². The number of likely N-dealkylation sites (tertiary alicyclic amines) is 1. The van der Waals surface area contributed by atoms with Gasteiger partial charge in [-0.1, -0.05) is 6.07 Å². The van der Waals surface area contributed by atoms with Gasteiger partial charge in [0.25, 0.3) is 0 Å². The lowest BCUT2D eigenvalue weighted by atomic mass is 9.88. The highest BCUT2D eigenvalue weighted by molar-refractivity contribution is 5.77. The Labute approximate surface area is 135 Å². The minimum Gasteiger partial charge on any atom is -0.486 e. The van der Waals surface area contributed by atoms with Crippen molar-refractivity contribution in [2.75, 3.05) is 33.4 Å². The average Bonchev–Trinajstić information content (AvgIpc) is 2.84. The fourth-order valence-electron chi connectivity index (χ4n) is 3.59. The molecule has 23 heavy (non-hydrogen) atoms. The smallest absolute Gasteiger partial charge is 0.248 e. The van der Waals surface area contributed by atoms with Crippen molar-refractivity contribution in [3.05, 3.63) is 23.8 Å². The maximum absolute atomic E-state index is 11.7. The van der Waals surface area contributed by atoms with Crippen LogP contribution in [0.3, 0.4) is 0 Å². The van der Waals surface area contributed by atoms with Crippen LogP contribution in [0.1, 0.15) is 24.8 Å². The maximum atomic E-state index is 11.7. The molecule has 6 heteroatoms. The van der Waals surface area contributed by atoms with E-state index in [1.54, 1.807) is 7.05 Å². The van der Waals surface area contributed by atoms with Crippen LogP contribution in [0, 0.1) is 0 Å². The van der Waals surface area contributed by atoms with Crippen LogP contribution in [0.25, 0.3) is 0 Å². The largest absolute Gasteiger partial charge is 0.486 e. The van der Waals surface area contributed by atoms with Crippen molar-refractivity contribution in [2.45, 2.75) is 31.4 Å². The van der Waals surface area contributed by atoms with Gasteiger partial charge in [0.2, 0.25) is 5.91 Å². The average molecular weight is 318 g/mol. The third-order valence-corrected chi connectivity index (χ3v) is 4.94. The number of hydrogen-bond donors (Lipinski definition) is 0. The van der Waals surface area contributed by atoms with Gasteiger partial charge in [-0.05, 0) is 30.5 Å². The molecule has 0 N–H and O–H groups in total. The van der Waals surface area contributed by atoms with Gasteiger partial charge >= 0.3 is 0 Å². The second-order valence-corrected chi connectivity index (χ2v) is 6.60. The minimum atomic E-state index is -0.269. The summed E-state index contributed by atoms with van der Waals surface area (Å²) >= 11 is 0. The Bertz CT molecular complexity index is 611. The summed E-state index contributed by atoms with van der Waals surface area (Å²) in [6, 6.07) is 6.16. The number of benzene rings is 1. The van der Waals surface area contributed by atoms with Crippen molar-refractivity contribution < 1.29 is 19.1 Å². The Morgan fingerprint density at radius 1 is 1.13 bits per heavy atom. The molecule has 4 rings (SSSR count). The molecular weight excluding hydrogens is 296 g/mol. The molecule has 1 amide bonds. The molecule has 1 spiro atoms. The first-order valence-electron chi connectivity index (χ1n) is 8.20. The number of piperidine rings is 1. The van der Waals surface area contributed by atoms with Gasteiger partial charge in [0.1, 0.15) is 18.8 Å². The monoisotopic (exact) mass is 318 g/mol. The molecule has 0 radical (unpaired) electrons. The van der Waals surface area contributed by atoms with E-state index in [4.69, 9.17) is 14.3 Å². The number of hydrogen-bond acceptors (Lipinski definition) is 5. The van der Waals surface area contributed by atoms with Gasteiger partial charge in [-0.2, -0.15) is 0 Å². The zero-order valence-corrected chi connectivity index (χ0v) is 13.4. The number of carbonyl (C=O) groups excluding carboxylic acids is 1. The fourth-order valence-corrected chi connectivity index (χ4v) is 3.59. The van der Waals surface area contributed by atoms with E-state index in [-0.39, 0.29) is 11.5 Å². The van der Waals surface area contributed by atoms with E-state index in [0.717, 1.165) is 44.0 Å². The topological polar surface area (TPSA) is 51.2 Å². The number of rotatable bonds is 2. The van der Waals surface area contributed by atoms with Gasteiger partial charge in [-0.25, -0.2) is 5.06 Å². The van der Waals surface area contributed by atoms with E-state index < -0.39 is 0 Å². The molecule has 0 unspecified atom stereocenters. The first-order valence-corrected chi connectivity index (χ1v) is 8.20. The molecule has 1 aromatic carbocycles. The number of fused-ring (bicyclic) bond motifs is 1. The summed E-state index contributed by atoms with van der Waals surface area (Å²) in [6.07, 6.45) is 2.31. The van der Waals surface area contributed by atoms with Crippen LogP contribution in [0.2, 0.25) is 0 Å². The standard InChI is InChI=1S/C17H22N2O4/c1-18-16(20)11-17(23-18)4-6-19(7-5-17)12-13-2-3-14-15(10-13)22-9-8-21-14/h2-3,10H,4-9,11-12H2,1H3. The maximum Gasteiger partial charge on any atom is 0.248 e. The van der Waals surface area contributed by atoms with E-state index in [1.807, 2.05) is 6.07 Å². The van der Waals surface area contributed by atoms with Gasteiger partial charge < -0.3 is 9.47 Å². The molecule has 0 saturated carbocycles. The molecule has 1 aromatic rings. The predicted molar refractivity (Wildman–Crippen MR) is 83.1 cm³/mol. The van der Waals surface area contributed by atoms with E-state index in [0.29, 0.717) is 19.6 Å². The van der Waals surface area contributed by atoms with Gasteiger partial charge in [0.15, 0.2) is 11.5 Å². The summed E-state index contributed by atoms with van der Waals surface area (Å²) in [6.45, 7) is 4.00. The molecular formula is C17H22N2O4. The van der Waals surface area contributed by atoms with Crippen molar-refractivity contribution in [1.82, 2.24) is 9.96 Å². The van der Waals surface area contributed by atoms with Crippen molar-refractivity contribution in [3.8, 4) is 11.5 Å². The summed E-state index contributed by atoms with van der Waals surface area (Å²) in [5.41, 5.74) is 0.959. The highest BCUT2D eigenvalue weighted by atomic mass is 16.7. The Hall–Kier alpha value is -1.79. The van der Waals surface area contributed by atoms with Crippen molar-refractivity contribution in [2.24, 2.45) is 0 Å². The summed E-state index contributed by atoms with van der Waals surface area (Å²) in [7, 11) is 1.71. The third kappa shape index (κ3) is 2.88. The van der Waals surface area contributed by atoms with Crippen LogP contribution in [0.5, 0.6) is 11.5 Å². The highest BCUT2D eigenvalue weighted by Gasteiger charge is 2.45. The molecule has 0 bridgehead atoms. The summed E-state index contributed by atoms with van der Waals surface area (Å²) < 4.78 is 11.2. The fraction of sp³-hybridized carbons (Fsp3) is 0.588. The van der Waals surface area contributed by atoms with E-state index in [9.17, 15) is 4.79 Å². The van der Waals surface area contributed by atoms with Crippen LogP contribution in [-0.2, 0) is 16.2 Å². The lowest BCUT2D eigenvalue weighted by Gasteiger charge is -2.37. The molecule has 3 heterocycles. The van der Waals surface area contributed by atoms with Crippen molar-refractivity contribution >= 4 is 5.91 Å². The highest BCUT2D eigenvalue weighted by Crippen LogP contribution is 2.36. The van der Waals surface area contributed by atoms with Gasteiger partial charge in [0, 0.05) is 26.7 Å². The molecule has 0 aliphatic carbocycles. The Balaban J connectivity index is 1.37. The van der Waals surface area contributed by atoms with E-state index in [1.165, 1.54) is 10.6 Å². The molecule has 3 aliphatic rings. The number of carbonyl (C=O) groups is 1. The van der Waals surface area contributed by atoms with E-state index >= 15 is 0 Å². The summed E-state index contributed by atoms with van der Waals surface area (Å²) in [5.74, 6) is 1.76. The molecule has 124 valence electrons. The van der Waals surface area contributed by atoms with Crippen LogP contribution >= 0.6 is 0 Å². The Morgan fingerprint density at radius 2 is 1.87 bits per heavy atom. The first kappa shape index (κ1) is 14.8. The van der Waals surface area contributed by atoms with Crippen LogP contribution < -0.4 is 9.47 Å². The summed E-state index contributed by atoms with van der Waals surface area (Å²) in [4.78, 5) is 19.9. The molecule has 3 aliphatic heterocycles. The molecule has 6 nitrogen and oxygen atoms in total. The quantitative estimate of drug-likeness (QED) is 0.829. The van der Waals surface area contributed by atoms with Gasteiger partial charge in [-0.15, -0.1) is 0 Å². The number of amides is 1. The molecule has 0 atom stereocenters. The van der Waals surface area contributed by atoms with Gasteiger partial charge in [-0.3, -0.25) is 14.5 Å². The predicted octanol–water partition coefficient (Wildman–Crippen LogP) is 1.59. The van der Waals surface area contributed by atoms with Crippen LogP contribution in [0.4, 0.5) is 0 Å². The second-order valence-electron chi connectivity index (χ2n) is 6.60. The normalized spacial score (nSPS) is 23.5. The molecule has 2 fully saturated rings. The lowest BCUT2D eigenvalue weighted by molar-refractivity contribution is -0.199. The molecule has 0 aromatic heterocycles. The minimum absolute atomic E-state index is 0.0882. The summed E-state index contributed by atoms with van der Waals surface area (Å²) in [5, 5.41) is 1.40.